The molecule has 0 aliphatic carbocycles. The van der Waals surface area contributed by atoms with Crippen LogP contribution in [0.15, 0.2) is 61.3 Å². The monoisotopic (exact) mass is 412 g/mol. The Bertz CT molecular complexity index is 1160. The van der Waals surface area contributed by atoms with Crippen LogP contribution in [0, 0.1) is 0 Å². The van der Waals surface area contributed by atoms with Crippen molar-refractivity contribution in [2.45, 2.75) is 19.1 Å². The molecule has 1 N–H and O–H groups in total. The molecule has 4 rings (SSSR count). The van der Waals surface area contributed by atoms with E-state index in [0.29, 0.717) is 22.7 Å². The van der Waals surface area contributed by atoms with Crippen LogP contribution in [0.25, 0.3) is 11.2 Å². The molecule has 4 aromatic rings. The summed E-state index contributed by atoms with van der Waals surface area (Å²) in [6.45, 7) is 1.94. The van der Waals surface area contributed by atoms with Gasteiger partial charge in [0.05, 0.1) is 11.6 Å². The zero-order chi connectivity index (χ0) is 21.1. The van der Waals surface area contributed by atoms with Crippen LogP contribution < -0.4 is 10.1 Å². The molecular formula is C20H15F3N6O. The SMILES string of the molecule is CC(Nc1ncnc2nccnc12)c1ccc(Oc2cc(C(F)(F)F)ccn2)cc1. The van der Waals surface area contributed by atoms with E-state index >= 15 is 0 Å². The van der Waals surface area contributed by atoms with E-state index in [2.05, 4.69) is 30.2 Å². The van der Waals surface area contributed by atoms with Gasteiger partial charge in [-0.3, -0.25) is 0 Å². The number of alkyl halides is 3. The first-order chi connectivity index (χ1) is 14.4. The van der Waals surface area contributed by atoms with E-state index in [1.54, 1.807) is 36.7 Å². The minimum absolute atomic E-state index is 0.130. The highest BCUT2D eigenvalue weighted by Gasteiger charge is 2.31. The van der Waals surface area contributed by atoms with Crippen LogP contribution in [0.5, 0.6) is 11.6 Å². The Morgan fingerprint density at radius 3 is 2.43 bits per heavy atom. The number of ether oxygens (including phenoxy) is 1. The second-order valence-electron chi connectivity index (χ2n) is 6.37. The highest BCUT2D eigenvalue weighted by molar-refractivity contribution is 5.81. The number of fused-ring (bicyclic) bond motifs is 1. The molecule has 0 saturated heterocycles. The minimum Gasteiger partial charge on any atom is -0.439 e. The number of hydrogen-bond acceptors (Lipinski definition) is 7. The smallest absolute Gasteiger partial charge is 0.416 e. The fourth-order valence-corrected chi connectivity index (χ4v) is 2.78. The third-order valence-electron chi connectivity index (χ3n) is 4.29. The van der Waals surface area contributed by atoms with Gasteiger partial charge in [0.2, 0.25) is 5.88 Å². The van der Waals surface area contributed by atoms with Crippen LogP contribution in [0.2, 0.25) is 0 Å². The number of nitrogens with zero attached hydrogens (tertiary/aromatic N) is 5. The fourth-order valence-electron chi connectivity index (χ4n) is 2.78. The summed E-state index contributed by atoms with van der Waals surface area (Å²) >= 11 is 0. The van der Waals surface area contributed by atoms with Gasteiger partial charge in [-0.1, -0.05) is 12.1 Å². The summed E-state index contributed by atoms with van der Waals surface area (Å²) < 4.78 is 43.9. The molecule has 10 heteroatoms. The molecule has 0 aliphatic rings. The molecule has 3 heterocycles. The molecule has 0 saturated carbocycles. The topological polar surface area (TPSA) is 85.7 Å². The van der Waals surface area contributed by atoms with Crippen molar-refractivity contribution in [3.8, 4) is 11.6 Å². The van der Waals surface area contributed by atoms with Gasteiger partial charge >= 0.3 is 6.18 Å². The van der Waals surface area contributed by atoms with Crippen molar-refractivity contribution >= 4 is 17.0 Å². The van der Waals surface area contributed by atoms with Crippen LogP contribution in [-0.4, -0.2) is 24.9 Å². The van der Waals surface area contributed by atoms with Gasteiger partial charge in [0.25, 0.3) is 0 Å². The summed E-state index contributed by atoms with van der Waals surface area (Å²) in [6.07, 6.45) is 1.14. The average molecular weight is 412 g/mol. The Kier molecular flexibility index (Phi) is 5.13. The Hall–Kier alpha value is -3.82. The summed E-state index contributed by atoms with van der Waals surface area (Å²) in [5, 5.41) is 3.26. The van der Waals surface area contributed by atoms with E-state index in [1.807, 2.05) is 6.92 Å². The van der Waals surface area contributed by atoms with Crippen LogP contribution in [0.4, 0.5) is 19.0 Å². The highest BCUT2D eigenvalue weighted by Crippen LogP contribution is 2.32. The molecule has 0 bridgehead atoms. The molecule has 30 heavy (non-hydrogen) atoms. The van der Waals surface area contributed by atoms with Crippen molar-refractivity contribution in [3.63, 3.8) is 0 Å². The first-order valence-corrected chi connectivity index (χ1v) is 8.89. The van der Waals surface area contributed by atoms with Crippen LogP contribution in [0.1, 0.15) is 24.1 Å². The van der Waals surface area contributed by atoms with Gasteiger partial charge in [-0.05, 0) is 30.7 Å². The molecule has 1 aromatic carbocycles. The van der Waals surface area contributed by atoms with Crippen molar-refractivity contribution in [1.29, 1.82) is 0 Å². The molecule has 1 unspecified atom stereocenters. The first-order valence-electron chi connectivity index (χ1n) is 8.89. The molecular weight excluding hydrogens is 397 g/mol. The predicted molar refractivity (Wildman–Crippen MR) is 103 cm³/mol. The summed E-state index contributed by atoms with van der Waals surface area (Å²) in [7, 11) is 0. The van der Waals surface area contributed by atoms with Gasteiger partial charge in [0, 0.05) is 24.7 Å². The number of aromatic nitrogens is 5. The Balaban J connectivity index is 1.48. The molecule has 7 nitrogen and oxygen atoms in total. The number of hydrogen-bond donors (Lipinski definition) is 1. The summed E-state index contributed by atoms with van der Waals surface area (Å²) in [6, 6.07) is 8.54. The maximum Gasteiger partial charge on any atom is 0.416 e. The van der Waals surface area contributed by atoms with E-state index in [9.17, 15) is 13.2 Å². The standard InChI is InChI=1S/C20H15F3N6O/c1-12(29-19-17-18(27-11-28-19)26-9-8-25-17)13-2-4-15(5-3-13)30-16-10-14(6-7-24-16)20(21,22)23/h2-12H,1H3,(H,26,27,28,29). The van der Waals surface area contributed by atoms with Gasteiger partial charge in [-0.2, -0.15) is 13.2 Å². The van der Waals surface area contributed by atoms with Gasteiger partial charge < -0.3 is 10.1 Å². The predicted octanol–water partition coefficient (Wildman–Crippen LogP) is 4.80. The number of anilines is 1. The highest BCUT2D eigenvalue weighted by atomic mass is 19.4. The lowest BCUT2D eigenvalue weighted by molar-refractivity contribution is -0.137. The average Bonchev–Trinajstić information content (AvgIpc) is 2.74. The third-order valence-corrected chi connectivity index (χ3v) is 4.29. The van der Waals surface area contributed by atoms with E-state index in [4.69, 9.17) is 4.74 Å². The minimum atomic E-state index is -4.46. The Labute approximate surface area is 169 Å². The van der Waals surface area contributed by atoms with Crippen molar-refractivity contribution in [1.82, 2.24) is 24.9 Å². The van der Waals surface area contributed by atoms with Gasteiger partial charge in [-0.25, -0.2) is 24.9 Å². The van der Waals surface area contributed by atoms with E-state index < -0.39 is 11.7 Å². The van der Waals surface area contributed by atoms with Crippen molar-refractivity contribution in [2.24, 2.45) is 0 Å². The second kappa shape index (κ2) is 7.90. The summed E-state index contributed by atoms with van der Waals surface area (Å²) in [5.41, 5.74) is 1.14. The fraction of sp³-hybridized carbons (Fsp3) is 0.150. The summed E-state index contributed by atoms with van der Waals surface area (Å²) in [5.74, 6) is 0.792. The molecule has 0 radical (unpaired) electrons. The first kappa shape index (κ1) is 19.5. The molecule has 1 atom stereocenters. The number of nitrogens with one attached hydrogen (secondary N) is 1. The molecule has 152 valence electrons. The Morgan fingerprint density at radius 2 is 1.67 bits per heavy atom. The number of benzene rings is 1. The number of rotatable bonds is 5. The molecule has 0 aliphatic heterocycles. The molecule has 0 amide bonds. The van der Waals surface area contributed by atoms with Crippen molar-refractivity contribution in [3.05, 3.63) is 72.4 Å². The Morgan fingerprint density at radius 1 is 0.900 bits per heavy atom. The molecule has 0 spiro atoms. The van der Waals surface area contributed by atoms with E-state index in [-0.39, 0.29) is 11.9 Å². The van der Waals surface area contributed by atoms with Gasteiger partial charge in [0.1, 0.15) is 17.6 Å². The van der Waals surface area contributed by atoms with Crippen LogP contribution >= 0.6 is 0 Å². The van der Waals surface area contributed by atoms with Crippen molar-refractivity contribution < 1.29 is 17.9 Å². The number of pyridine rings is 1. The van der Waals surface area contributed by atoms with E-state index in [0.717, 1.165) is 23.9 Å². The number of halogens is 3. The normalized spacial score (nSPS) is 12.5. The van der Waals surface area contributed by atoms with E-state index in [1.165, 1.54) is 6.33 Å². The lowest BCUT2D eigenvalue weighted by Gasteiger charge is -2.16. The zero-order valence-electron chi connectivity index (χ0n) is 15.6. The van der Waals surface area contributed by atoms with Crippen LogP contribution in [-0.2, 0) is 6.18 Å². The van der Waals surface area contributed by atoms with Crippen LogP contribution in [0.3, 0.4) is 0 Å². The maximum absolute atomic E-state index is 12.8. The van der Waals surface area contributed by atoms with Gasteiger partial charge in [-0.15, -0.1) is 0 Å². The largest absolute Gasteiger partial charge is 0.439 e. The lowest BCUT2D eigenvalue weighted by atomic mass is 10.1. The lowest BCUT2D eigenvalue weighted by Crippen LogP contribution is -2.09. The molecule has 3 aromatic heterocycles. The van der Waals surface area contributed by atoms with Crippen molar-refractivity contribution in [2.75, 3.05) is 5.32 Å². The summed E-state index contributed by atoms with van der Waals surface area (Å²) in [4.78, 5) is 20.5. The zero-order valence-corrected chi connectivity index (χ0v) is 15.6. The maximum atomic E-state index is 12.8. The van der Waals surface area contributed by atoms with Gasteiger partial charge in [0.15, 0.2) is 11.5 Å². The quantitative estimate of drug-likeness (QED) is 0.504. The second-order valence-corrected chi connectivity index (χ2v) is 6.37. The molecule has 0 fully saturated rings. The third kappa shape index (κ3) is 4.27.